The summed E-state index contributed by atoms with van der Waals surface area (Å²) in [5.74, 6) is 0.0329. The van der Waals surface area contributed by atoms with Gasteiger partial charge in [-0.3, -0.25) is 4.68 Å². The van der Waals surface area contributed by atoms with E-state index in [9.17, 15) is 8.42 Å². The molecule has 2 aromatic rings. The minimum atomic E-state index is -3.61. The van der Waals surface area contributed by atoms with Crippen molar-refractivity contribution in [3.63, 3.8) is 0 Å². The average Bonchev–Trinajstić information content (AvgIpc) is 2.70. The number of sulfonamides is 1. The monoisotopic (exact) mass is 308 g/mol. The minimum absolute atomic E-state index is 0.0329. The summed E-state index contributed by atoms with van der Waals surface area (Å²) in [6.07, 6.45) is 1.55. The lowest BCUT2D eigenvalue weighted by Crippen LogP contribution is -2.26. The van der Waals surface area contributed by atoms with Gasteiger partial charge in [0.25, 0.3) is 0 Å². The molecule has 0 radical (unpaired) electrons. The van der Waals surface area contributed by atoms with Crippen molar-refractivity contribution in [2.45, 2.75) is 24.7 Å². The number of nitrogens with zero attached hydrogens (tertiary/aromatic N) is 2. The van der Waals surface area contributed by atoms with Crippen LogP contribution in [0.5, 0.6) is 0 Å². The lowest BCUT2D eigenvalue weighted by atomic mass is 10.1. The van der Waals surface area contributed by atoms with E-state index in [4.69, 9.17) is 5.73 Å². The largest absolute Gasteiger partial charge is 0.381 e. The molecule has 1 aromatic heterocycles. The van der Waals surface area contributed by atoms with Crippen LogP contribution in [0.4, 0.5) is 5.82 Å². The molecule has 7 heteroatoms. The summed E-state index contributed by atoms with van der Waals surface area (Å²) in [7, 11) is -1.95. The highest BCUT2D eigenvalue weighted by molar-refractivity contribution is 7.89. The molecule has 3 N–H and O–H groups in total. The summed E-state index contributed by atoms with van der Waals surface area (Å²) >= 11 is 0. The second-order valence-corrected chi connectivity index (χ2v) is 6.61. The molecule has 2 rings (SSSR count). The zero-order valence-corrected chi connectivity index (χ0v) is 13.0. The maximum atomic E-state index is 12.3. The Morgan fingerprint density at radius 2 is 1.95 bits per heavy atom. The first-order valence-corrected chi connectivity index (χ1v) is 8.23. The number of aryl methyl sites for hydroxylation is 2. The van der Waals surface area contributed by atoms with Crippen molar-refractivity contribution in [1.29, 1.82) is 0 Å². The highest BCUT2D eigenvalue weighted by Crippen LogP contribution is 2.20. The Bertz CT molecular complexity index is 708. The number of anilines is 1. The van der Waals surface area contributed by atoms with Gasteiger partial charge in [0.15, 0.2) is 5.82 Å². The Balaban J connectivity index is 1.96. The van der Waals surface area contributed by atoms with Crippen LogP contribution in [0.2, 0.25) is 0 Å². The van der Waals surface area contributed by atoms with Crippen molar-refractivity contribution in [3.05, 3.63) is 41.6 Å². The summed E-state index contributed by atoms with van der Waals surface area (Å²) in [5.41, 5.74) is 7.39. The van der Waals surface area contributed by atoms with Crippen molar-refractivity contribution >= 4 is 15.8 Å². The second-order valence-electron chi connectivity index (χ2n) is 4.91. The smallest absolute Gasteiger partial charge is 0.246 e. The molecule has 0 unspecified atom stereocenters. The van der Waals surface area contributed by atoms with Gasteiger partial charge in [0.2, 0.25) is 10.0 Å². The van der Waals surface area contributed by atoms with Crippen LogP contribution >= 0.6 is 0 Å². The standard InChI is InChI=1S/C14H20N4O2S/c1-11-13(14(15)17-18(11)2)21(19,20)16-10-6-9-12-7-4-3-5-8-12/h3-5,7-8,16H,6,9-10H2,1-2H3,(H2,15,17). The highest BCUT2D eigenvalue weighted by atomic mass is 32.2. The molecule has 0 aliphatic rings. The number of nitrogen functional groups attached to an aromatic ring is 1. The quantitative estimate of drug-likeness (QED) is 0.785. The molecule has 0 saturated heterocycles. The van der Waals surface area contributed by atoms with Crippen LogP contribution in [0.3, 0.4) is 0 Å². The Hall–Kier alpha value is -1.86. The zero-order chi connectivity index (χ0) is 15.5. The van der Waals surface area contributed by atoms with Gasteiger partial charge in [-0.05, 0) is 25.3 Å². The van der Waals surface area contributed by atoms with Gasteiger partial charge in [-0.1, -0.05) is 30.3 Å². The minimum Gasteiger partial charge on any atom is -0.381 e. The van der Waals surface area contributed by atoms with Gasteiger partial charge in [-0.25, -0.2) is 13.1 Å². The Morgan fingerprint density at radius 1 is 1.29 bits per heavy atom. The molecule has 6 nitrogen and oxygen atoms in total. The molecule has 0 aliphatic heterocycles. The third-order valence-corrected chi connectivity index (χ3v) is 4.98. The fraction of sp³-hybridized carbons (Fsp3) is 0.357. The van der Waals surface area contributed by atoms with Crippen molar-refractivity contribution < 1.29 is 8.42 Å². The average molecular weight is 308 g/mol. The van der Waals surface area contributed by atoms with Crippen molar-refractivity contribution in [2.75, 3.05) is 12.3 Å². The molecule has 0 spiro atoms. The molecule has 114 valence electrons. The summed E-state index contributed by atoms with van der Waals surface area (Å²) in [4.78, 5) is 0.0738. The van der Waals surface area contributed by atoms with E-state index in [2.05, 4.69) is 9.82 Å². The second kappa shape index (κ2) is 6.28. The summed E-state index contributed by atoms with van der Waals surface area (Å²) < 4.78 is 28.6. The Labute approximate surface area is 125 Å². The fourth-order valence-corrected chi connectivity index (χ4v) is 3.56. The number of aromatic nitrogens is 2. The Kier molecular flexibility index (Phi) is 4.64. The van der Waals surface area contributed by atoms with Crippen molar-refractivity contribution in [1.82, 2.24) is 14.5 Å². The first-order valence-electron chi connectivity index (χ1n) is 6.74. The van der Waals surface area contributed by atoms with Gasteiger partial charge >= 0.3 is 0 Å². The highest BCUT2D eigenvalue weighted by Gasteiger charge is 2.23. The van der Waals surface area contributed by atoms with Gasteiger partial charge in [-0.2, -0.15) is 5.10 Å². The summed E-state index contributed by atoms with van der Waals surface area (Å²) in [6.45, 7) is 2.05. The van der Waals surface area contributed by atoms with E-state index in [-0.39, 0.29) is 10.7 Å². The predicted molar refractivity (Wildman–Crippen MR) is 82.3 cm³/mol. The number of rotatable bonds is 6. The lowest BCUT2D eigenvalue weighted by molar-refractivity contribution is 0.578. The van der Waals surface area contributed by atoms with Crippen LogP contribution in [-0.4, -0.2) is 24.7 Å². The van der Waals surface area contributed by atoms with Crippen LogP contribution < -0.4 is 10.5 Å². The first-order chi connectivity index (χ1) is 9.92. The fourth-order valence-electron chi connectivity index (χ4n) is 2.16. The Morgan fingerprint density at radius 3 is 2.52 bits per heavy atom. The van der Waals surface area contributed by atoms with Crippen molar-refractivity contribution in [3.8, 4) is 0 Å². The van der Waals surface area contributed by atoms with Crippen molar-refractivity contribution in [2.24, 2.45) is 7.05 Å². The molecule has 1 heterocycles. The van der Waals surface area contributed by atoms with Crippen LogP contribution in [0.1, 0.15) is 17.7 Å². The molecule has 0 fully saturated rings. The number of hydrogen-bond donors (Lipinski definition) is 2. The van der Waals surface area contributed by atoms with Gasteiger partial charge in [0.05, 0.1) is 5.69 Å². The zero-order valence-electron chi connectivity index (χ0n) is 12.2. The molecule has 0 bridgehead atoms. The molecule has 0 saturated carbocycles. The SMILES string of the molecule is Cc1c(S(=O)(=O)NCCCc2ccccc2)c(N)nn1C. The van der Waals surface area contributed by atoms with Gasteiger partial charge in [0, 0.05) is 13.6 Å². The van der Waals surface area contributed by atoms with E-state index in [1.807, 2.05) is 30.3 Å². The van der Waals surface area contributed by atoms with E-state index in [0.717, 1.165) is 12.8 Å². The van der Waals surface area contributed by atoms with Gasteiger partial charge in [-0.15, -0.1) is 0 Å². The molecular formula is C14H20N4O2S. The maximum Gasteiger partial charge on any atom is 0.246 e. The number of nitrogens with two attached hydrogens (primary N) is 1. The van der Waals surface area contributed by atoms with Gasteiger partial charge in [0.1, 0.15) is 4.90 Å². The molecule has 0 amide bonds. The summed E-state index contributed by atoms with van der Waals surface area (Å²) in [6, 6.07) is 9.95. The lowest BCUT2D eigenvalue weighted by Gasteiger charge is -2.07. The predicted octanol–water partition coefficient (Wildman–Crippen LogP) is 1.22. The van der Waals surface area contributed by atoms with Crippen LogP contribution in [0, 0.1) is 6.92 Å². The normalized spacial score (nSPS) is 11.7. The molecule has 1 aromatic carbocycles. The summed E-state index contributed by atoms with van der Waals surface area (Å²) in [5, 5.41) is 3.93. The number of hydrogen-bond acceptors (Lipinski definition) is 4. The number of nitrogens with one attached hydrogen (secondary N) is 1. The molecule has 0 atom stereocenters. The van der Waals surface area contributed by atoms with E-state index in [0.29, 0.717) is 12.2 Å². The third kappa shape index (κ3) is 3.62. The van der Waals surface area contributed by atoms with E-state index < -0.39 is 10.0 Å². The van der Waals surface area contributed by atoms with Gasteiger partial charge < -0.3 is 5.73 Å². The van der Waals surface area contributed by atoms with Crippen LogP contribution in [0.15, 0.2) is 35.2 Å². The molecular weight excluding hydrogens is 288 g/mol. The first kappa shape index (κ1) is 15.5. The third-order valence-electron chi connectivity index (χ3n) is 3.35. The number of benzene rings is 1. The molecule has 0 aliphatic carbocycles. The van der Waals surface area contributed by atoms with Crippen LogP contribution in [-0.2, 0) is 23.5 Å². The van der Waals surface area contributed by atoms with E-state index in [1.165, 1.54) is 10.2 Å². The topological polar surface area (TPSA) is 90.0 Å². The van der Waals surface area contributed by atoms with E-state index >= 15 is 0 Å². The molecule has 21 heavy (non-hydrogen) atoms. The van der Waals surface area contributed by atoms with Crippen LogP contribution in [0.25, 0.3) is 0 Å². The maximum absolute atomic E-state index is 12.3. The van der Waals surface area contributed by atoms with E-state index in [1.54, 1.807) is 14.0 Å².